The van der Waals surface area contributed by atoms with Gasteiger partial charge in [-0.1, -0.05) is 119 Å². The van der Waals surface area contributed by atoms with E-state index in [1.807, 2.05) is 27.7 Å². The molecule has 184 valence electrons. The highest BCUT2D eigenvalue weighted by atomic mass is 16.2. The Balaban J connectivity index is 2.04. The molecule has 0 saturated heterocycles. The lowest BCUT2D eigenvalue weighted by molar-refractivity contribution is 0.0948. The minimum Gasteiger partial charge on any atom is -0.340 e. The fourth-order valence-electron chi connectivity index (χ4n) is 4.59. The second-order valence-corrected chi connectivity index (χ2v) is 9.79. The zero-order valence-electron chi connectivity index (χ0n) is 21.4. The van der Waals surface area contributed by atoms with E-state index in [9.17, 15) is 19.2 Å². The summed E-state index contributed by atoms with van der Waals surface area (Å²) in [6.45, 7) is 7.50. The first-order valence-corrected chi connectivity index (χ1v) is 12.3. The molecule has 4 aromatic rings. The van der Waals surface area contributed by atoms with Crippen molar-refractivity contribution in [3.63, 3.8) is 0 Å². The molecule has 0 heterocycles. The van der Waals surface area contributed by atoms with Crippen LogP contribution in [0.15, 0.2) is 97.1 Å². The predicted molar refractivity (Wildman–Crippen MR) is 148 cm³/mol. The molecule has 0 unspecified atom stereocenters. The zero-order chi connectivity index (χ0) is 26.7. The third kappa shape index (κ3) is 4.85. The predicted octanol–water partition coefficient (Wildman–Crippen LogP) is 6.36. The van der Waals surface area contributed by atoms with E-state index in [0.717, 1.165) is 22.3 Å². The van der Waals surface area contributed by atoms with Crippen molar-refractivity contribution in [2.24, 2.45) is 0 Å². The first-order valence-electron chi connectivity index (χ1n) is 12.3. The van der Waals surface area contributed by atoms with Gasteiger partial charge in [-0.2, -0.15) is 0 Å². The quantitative estimate of drug-likeness (QED) is 0.272. The van der Waals surface area contributed by atoms with Gasteiger partial charge in [0.1, 0.15) is 0 Å². The van der Waals surface area contributed by atoms with E-state index < -0.39 is 28.9 Å². The van der Waals surface area contributed by atoms with E-state index >= 15 is 0 Å². The Morgan fingerprint density at radius 3 is 0.676 bits per heavy atom. The van der Waals surface area contributed by atoms with E-state index in [-0.39, 0.29) is 22.3 Å². The minimum absolute atomic E-state index is 0.145. The highest BCUT2D eigenvalue weighted by Gasteiger charge is 2.52. The van der Waals surface area contributed by atoms with Gasteiger partial charge in [0.25, 0.3) is 6.15 Å². The van der Waals surface area contributed by atoms with Crippen LogP contribution in [-0.2, 0) is 0 Å². The molecule has 0 bridgehead atoms. The first kappa shape index (κ1) is 25.7. The molecule has 0 saturated carbocycles. The Bertz CT molecular complexity index is 1250. The average Bonchev–Trinajstić information content (AvgIpc) is 2.90. The van der Waals surface area contributed by atoms with Crippen LogP contribution in [0.5, 0.6) is 0 Å². The Hall–Kier alpha value is -4.38. The molecule has 0 fully saturated rings. The maximum Gasteiger partial charge on any atom is 0.289 e. The molecule has 0 aromatic heterocycles. The lowest BCUT2D eigenvalue weighted by atomic mass is 9.13. The molecular formula is C32H28BO4-. The molecule has 4 aromatic carbocycles. The van der Waals surface area contributed by atoms with Crippen LogP contribution in [0.3, 0.4) is 0 Å². The van der Waals surface area contributed by atoms with Crippen molar-refractivity contribution in [3.8, 4) is 0 Å². The van der Waals surface area contributed by atoms with Crippen LogP contribution < -0.4 is 0 Å². The van der Waals surface area contributed by atoms with Gasteiger partial charge >= 0.3 is 0 Å². The lowest BCUT2D eigenvalue weighted by Crippen LogP contribution is -2.66. The molecule has 5 heteroatoms. The standard InChI is InChI=1S/C32H28BO4/c1-21-5-13-25(14-6-21)29(34)33(30(35)26-15-7-22(2)8-16-26,31(36)27-17-9-23(3)10-18-27)32(37)28-19-11-24(4)12-20-28/h5-20H,1-4H3/q-1. The Labute approximate surface area is 217 Å². The number of aryl methyl sites for hydroxylation is 4. The van der Waals surface area contributed by atoms with Gasteiger partial charge in [-0.25, -0.2) is 0 Å². The molecule has 0 atom stereocenters. The number of rotatable bonds is 8. The van der Waals surface area contributed by atoms with Gasteiger partial charge in [-0.05, 0) is 49.9 Å². The van der Waals surface area contributed by atoms with Crippen molar-refractivity contribution in [1.82, 2.24) is 0 Å². The number of carbonyl (C=O) groups excluding carboxylic acids is 4. The Morgan fingerprint density at radius 1 is 0.351 bits per heavy atom. The van der Waals surface area contributed by atoms with Crippen LogP contribution in [0.25, 0.3) is 0 Å². The average molecular weight is 487 g/mol. The zero-order valence-corrected chi connectivity index (χ0v) is 21.4. The summed E-state index contributed by atoms with van der Waals surface area (Å²) in [5.74, 6) is 0. The second-order valence-electron chi connectivity index (χ2n) is 9.79. The largest absolute Gasteiger partial charge is 0.340 e. The maximum atomic E-state index is 14.4. The summed E-state index contributed by atoms with van der Waals surface area (Å²) in [6.07, 6.45) is -3.61. The first-order chi connectivity index (χ1) is 17.6. The van der Waals surface area contributed by atoms with Crippen molar-refractivity contribution in [2.45, 2.75) is 27.7 Å². The normalized spacial score (nSPS) is 11.1. The van der Waals surface area contributed by atoms with Crippen molar-refractivity contribution in [2.75, 3.05) is 0 Å². The topological polar surface area (TPSA) is 68.3 Å². The Kier molecular flexibility index (Phi) is 7.17. The van der Waals surface area contributed by atoms with Gasteiger partial charge in [-0.15, -0.1) is 0 Å². The van der Waals surface area contributed by atoms with Gasteiger partial charge < -0.3 is 19.2 Å². The number of hydrogen-bond donors (Lipinski definition) is 0. The summed E-state index contributed by atoms with van der Waals surface area (Å²) < 4.78 is 0. The van der Waals surface area contributed by atoms with Gasteiger partial charge in [0.15, 0.2) is 0 Å². The summed E-state index contributed by atoms with van der Waals surface area (Å²) in [6, 6.07) is 26.4. The van der Waals surface area contributed by atoms with Crippen molar-refractivity contribution < 1.29 is 19.2 Å². The molecule has 4 nitrogen and oxygen atoms in total. The van der Waals surface area contributed by atoms with Crippen LogP contribution in [0.1, 0.15) is 63.7 Å². The summed E-state index contributed by atoms with van der Waals surface area (Å²) >= 11 is 0. The smallest absolute Gasteiger partial charge is 0.289 e. The van der Waals surface area contributed by atoms with Crippen LogP contribution in [0.4, 0.5) is 0 Å². The number of hydrogen-bond acceptors (Lipinski definition) is 4. The molecular weight excluding hydrogens is 459 g/mol. The third-order valence-corrected chi connectivity index (χ3v) is 6.92. The second kappa shape index (κ2) is 10.3. The molecule has 4 rings (SSSR count). The number of benzene rings is 4. The van der Waals surface area contributed by atoms with Crippen LogP contribution >= 0.6 is 0 Å². The summed E-state index contributed by atoms with van der Waals surface area (Å²) in [4.78, 5) is 57.6. The molecule has 0 amide bonds. The molecule has 0 aliphatic carbocycles. The third-order valence-electron chi connectivity index (χ3n) is 6.92. The van der Waals surface area contributed by atoms with Gasteiger partial charge in [0, 0.05) is 22.7 Å². The monoisotopic (exact) mass is 487 g/mol. The van der Waals surface area contributed by atoms with E-state index in [1.54, 1.807) is 97.1 Å². The molecule has 0 aliphatic heterocycles. The fourth-order valence-corrected chi connectivity index (χ4v) is 4.59. The molecule has 37 heavy (non-hydrogen) atoms. The summed E-state index contributed by atoms with van der Waals surface area (Å²) in [7, 11) is 0. The van der Waals surface area contributed by atoms with Gasteiger partial charge in [0.2, 0.25) is 0 Å². The molecule has 0 N–H and O–H groups in total. The highest BCUT2D eigenvalue weighted by Crippen LogP contribution is 2.28. The Morgan fingerprint density at radius 2 is 0.514 bits per heavy atom. The van der Waals surface area contributed by atoms with Gasteiger partial charge in [0.05, 0.1) is 0 Å². The van der Waals surface area contributed by atoms with Crippen molar-refractivity contribution >= 4 is 28.9 Å². The summed E-state index contributed by atoms with van der Waals surface area (Å²) in [5.41, 5.74) is 1.12. The number of carbonyl (C=O) groups is 4. The minimum atomic E-state index is -3.61. The van der Waals surface area contributed by atoms with Crippen LogP contribution in [-0.4, -0.2) is 28.9 Å². The lowest BCUT2D eigenvalue weighted by Gasteiger charge is -2.35. The maximum absolute atomic E-state index is 14.4. The van der Waals surface area contributed by atoms with E-state index in [1.165, 1.54) is 0 Å². The summed E-state index contributed by atoms with van der Waals surface area (Å²) in [5, 5.41) is 0. The van der Waals surface area contributed by atoms with Gasteiger partial charge in [-0.3, -0.25) is 0 Å². The van der Waals surface area contributed by atoms with E-state index in [2.05, 4.69) is 0 Å². The van der Waals surface area contributed by atoms with Crippen molar-refractivity contribution in [1.29, 1.82) is 0 Å². The highest BCUT2D eigenvalue weighted by molar-refractivity contribution is 7.56. The molecule has 0 radical (unpaired) electrons. The van der Waals surface area contributed by atoms with Crippen LogP contribution in [0.2, 0.25) is 0 Å². The SMILES string of the molecule is Cc1ccc(C(=O)[B-](C(=O)c2ccc(C)cc2)(C(=O)c2ccc(C)cc2)C(=O)c2ccc(C)cc2)cc1. The van der Waals surface area contributed by atoms with E-state index in [0.29, 0.717) is 0 Å². The van der Waals surface area contributed by atoms with Crippen molar-refractivity contribution in [3.05, 3.63) is 142 Å². The van der Waals surface area contributed by atoms with E-state index in [4.69, 9.17) is 0 Å². The molecule has 0 aliphatic rings. The molecule has 0 spiro atoms. The fraction of sp³-hybridized carbons (Fsp3) is 0.125. The van der Waals surface area contributed by atoms with Crippen LogP contribution in [0, 0.1) is 27.7 Å².